The molecule has 0 saturated carbocycles. The molecule has 0 heterocycles. The Balaban J connectivity index is -0.0000000215. The zero-order valence-corrected chi connectivity index (χ0v) is 43.6. The summed E-state index contributed by atoms with van der Waals surface area (Å²) in [7, 11) is 0.481. The average molecular weight is 879 g/mol. The van der Waals surface area contributed by atoms with Crippen LogP contribution in [0.3, 0.4) is 0 Å². The van der Waals surface area contributed by atoms with Crippen molar-refractivity contribution in [1.29, 1.82) is 0 Å². The summed E-state index contributed by atoms with van der Waals surface area (Å²) in [4.78, 5) is 0. The van der Waals surface area contributed by atoms with E-state index in [0.717, 1.165) is 0 Å². The Morgan fingerprint density at radius 3 is 0.344 bits per heavy atom. The van der Waals surface area contributed by atoms with Gasteiger partial charge in [0.1, 0.15) is 0 Å². The first-order valence-corrected chi connectivity index (χ1v) is 44.0. The van der Waals surface area contributed by atoms with Crippen LogP contribution in [0.15, 0.2) is 0 Å². The minimum absolute atomic E-state index is 0. The normalized spacial score (nSPS) is 7.88. The van der Waals surface area contributed by atoms with Gasteiger partial charge in [0, 0.05) is 70.4 Å². The van der Waals surface area contributed by atoms with E-state index in [1.807, 2.05) is 0 Å². The van der Waals surface area contributed by atoms with Crippen molar-refractivity contribution in [2.45, 2.75) is 136 Å². The van der Waals surface area contributed by atoms with Crippen LogP contribution in [0.25, 0.3) is 0 Å². The molecular formula is C22H66Ge6Si4. The maximum Gasteiger partial charge on any atom is 0 e. The molecule has 0 fully saturated rings. The zero-order chi connectivity index (χ0) is 26.9. The largest absolute Gasteiger partial charge is 0 e. The Morgan fingerprint density at radius 1 is 0.344 bits per heavy atom. The van der Waals surface area contributed by atoms with Gasteiger partial charge in [-0.05, 0) is 0 Å². The molecule has 0 aromatic rings. The molecule has 0 aromatic heterocycles. The maximum absolute atomic E-state index is 2.33. The van der Waals surface area contributed by atoms with E-state index in [-0.39, 0.29) is 99.1 Å². The first kappa shape index (κ1) is 65.3. The van der Waals surface area contributed by atoms with E-state index >= 15 is 0 Å². The Hall–Kier alpha value is 4.12. The maximum atomic E-state index is 2.33. The molecular weight excluding hydrogens is 812 g/mol. The van der Waals surface area contributed by atoms with Crippen LogP contribution in [0.5, 0.6) is 0 Å². The summed E-state index contributed by atoms with van der Waals surface area (Å²) in [6, 6.07) is 0. The Labute approximate surface area is 262 Å². The van der Waals surface area contributed by atoms with Gasteiger partial charge in [0.05, 0.1) is 0 Å². The van der Waals surface area contributed by atoms with Crippen molar-refractivity contribution in [1.82, 2.24) is 0 Å². The Kier molecular flexibility index (Phi) is 143. The van der Waals surface area contributed by atoms with Gasteiger partial charge in [0.25, 0.3) is 0 Å². The van der Waals surface area contributed by atoms with E-state index in [0.29, 0.717) is 30.9 Å². The molecule has 0 amide bonds. The fraction of sp³-hybridized carbons (Fsp3) is 1.00. The van der Waals surface area contributed by atoms with E-state index in [9.17, 15) is 0 Å². The quantitative estimate of drug-likeness (QED) is 0.213. The summed E-state index contributed by atoms with van der Waals surface area (Å²) in [5.41, 5.74) is 0. The molecule has 0 aliphatic rings. The van der Waals surface area contributed by atoms with Gasteiger partial charge < -0.3 is 0 Å². The van der Waals surface area contributed by atoms with Crippen molar-refractivity contribution in [3.63, 3.8) is 0 Å². The predicted octanol–water partition coefficient (Wildman–Crippen LogP) is 9.04. The molecule has 0 aliphatic heterocycles. The summed E-state index contributed by atoms with van der Waals surface area (Å²) in [6.07, 6.45) is 0. The van der Waals surface area contributed by atoms with Gasteiger partial charge >= 0.3 is 117 Å². The second kappa shape index (κ2) is 70.3. The molecule has 0 atom stereocenters. The standard InChI is InChI=1S/2C3H9Ge.4C3H9Si.2C2H6Ge.2Ge/c6*1-4(2)3;2*1-3-2;;/h6*1-3H3;2*1-2H3;;. The SMILES string of the molecule is C[Si](C)C.C[Si](C)C.C[Si](C)C.C[Si](C)C.[CH3][Ge]([CH3])[CH3].[CH3][Ge]([CH3])[CH3].[CH3][Ge][CH3].[CH3][Ge][CH3].[Ge].[Ge]. The van der Waals surface area contributed by atoms with Gasteiger partial charge in [0.15, 0.2) is 0 Å². The second-order valence-corrected chi connectivity index (χ2v) is 38.8. The summed E-state index contributed by atoms with van der Waals surface area (Å²) in [6.45, 7) is 27.2. The summed E-state index contributed by atoms with van der Waals surface area (Å²) < 4.78 is 0. The average Bonchev–Trinajstić information content (AvgIpc) is 2.34. The smallest absolute Gasteiger partial charge is 0 e. The molecule has 0 aliphatic carbocycles. The fourth-order valence-electron chi connectivity index (χ4n) is 0. The van der Waals surface area contributed by atoms with E-state index in [2.05, 4.69) is 136 Å². The van der Waals surface area contributed by atoms with Crippen LogP contribution in [-0.4, -0.2) is 130 Å². The van der Waals surface area contributed by atoms with Crippen LogP contribution in [0.1, 0.15) is 0 Å². The van der Waals surface area contributed by atoms with E-state index in [4.69, 9.17) is 0 Å². The molecule has 0 nitrogen and oxygen atoms in total. The molecule has 0 aromatic carbocycles. The van der Waals surface area contributed by atoms with Gasteiger partial charge in [-0.15, -0.1) is 0 Å². The topological polar surface area (TPSA) is 0 Å². The molecule has 0 rings (SSSR count). The number of hydrogen-bond donors (Lipinski definition) is 0. The fourth-order valence-corrected chi connectivity index (χ4v) is 0. The van der Waals surface area contributed by atoms with Crippen LogP contribution in [-0.2, 0) is 0 Å². The van der Waals surface area contributed by atoms with Gasteiger partial charge in [-0.1, -0.05) is 78.6 Å². The van der Waals surface area contributed by atoms with E-state index in [1.54, 1.807) is 0 Å². The van der Waals surface area contributed by atoms with Crippen LogP contribution < -0.4 is 0 Å². The molecule has 194 valence electrons. The van der Waals surface area contributed by atoms with Gasteiger partial charge in [-0.25, -0.2) is 0 Å². The summed E-state index contributed by atoms with van der Waals surface area (Å²) >= 11 is 0.333. The molecule has 0 N–H and O–H groups in total. The molecule has 0 saturated heterocycles. The third kappa shape index (κ3) is 2200. The van der Waals surface area contributed by atoms with Crippen molar-refractivity contribution < 1.29 is 0 Å². The third-order valence-corrected chi connectivity index (χ3v) is 0. The zero-order valence-electron chi connectivity index (χ0n) is 27.0. The van der Waals surface area contributed by atoms with Crippen molar-refractivity contribution in [3.05, 3.63) is 0 Å². The first-order valence-electron chi connectivity index (χ1n) is 11.0. The Morgan fingerprint density at radius 2 is 0.344 bits per heavy atom. The van der Waals surface area contributed by atoms with Gasteiger partial charge in [-0.3, -0.25) is 0 Å². The minimum atomic E-state index is -0.333. The predicted molar refractivity (Wildman–Crippen MR) is 187 cm³/mol. The first-order chi connectivity index (χ1) is 13.2. The number of rotatable bonds is 0. The molecule has 0 bridgehead atoms. The molecule has 18 radical (unpaired) electrons. The van der Waals surface area contributed by atoms with Crippen LogP contribution in [0.4, 0.5) is 0 Å². The van der Waals surface area contributed by atoms with Gasteiger partial charge in [-0.2, -0.15) is 0 Å². The third-order valence-electron chi connectivity index (χ3n) is 0. The van der Waals surface area contributed by atoms with Crippen LogP contribution in [0, 0.1) is 0 Å². The van der Waals surface area contributed by atoms with Crippen molar-refractivity contribution in [3.8, 4) is 0 Å². The molecule has 32 heavy (non-hydrogen) atoms. The monoisotopic (exact) mass is 886 g/mol. The van der Waals surface area contributed by atoms with Crippen molar-refractivity contribution >= 4 is 130 Å². The van der Waals surface area contributed by atoms with Gasteiger partial charge in [0.2, 0.25) is 0 Å². The Bertz CT molecular complexity index is 134. The second-order valence-electron chi connectivity index (χ2n) is 10.0. The van der Waals surface area contributed by atoms with E-state index < -0.39 is 0 Å². The van der Waals surface area contributed by atoms with Crippen molar-refractivity contribution in [2.75, 3.05) is 0 Å². The summed E-state index contributed by atoms with van der Waals surface area (Å²) in [5, 5.41) is 0. The summed E-state index contributed by atoms with van der Waals surface area (Å²) in [5.74, 6) is 23.0. The molecule has 0 spiro atoms. The number of hydrogen-bond acceptors (Lipinski definition) is 0. The van der Waals surface area contributed by atoms with E-state index in [1.165, 1.54) is 0 Å². The van der Waals surface area contributed by atoms with Crippen LogP contribution in [0.2, 0.25) is 136 Å². The minimum Gasteiger partial charge on any atom is 0 e. The molecule has 0 unspecified atom stereocenters. The van der Waals surface area contributed by atoms with Crippen LogP contribution >= 0.6 is 0 Å². The van der Waals surface area contributed by atoms with Crippen molar-refractivity contribution in [2.24, 2.45) is 0 Å². The molecule has 10 heteroatoms.